The van der Waals surface area contributed by atoms with Crippen LogP contribution in [0.15, 0.2) is 24.3 Å². The van der Waals surface area contributed by atoms with Gasteiger partial charge < -0.3 is 5.32 Å². The zero-order valence-corrected chi connectivity index (χ0v) is 9.66. The Hall–Kier alpha value is -0.860. The van der Waals surface area contributed by atoms with Gasteiger partial charge in [-0.05, 0) is 25.0 Å². The number of rotatable bonds is 2. The third-order valence-corrected chi connectivity index (χ3v) is 3.34. The molecular weight excluding hydrogens is 184 g/mol. The highest BCUT2D eigenvalue weighted by molar-refractivity contribution is 5.28. The minimum Gasteiger partial charge on any atom is -0.314 e. The molecule has 1 aromatic carbocycles. The largest absolute Gasteiger partial charge is 0.314 e. The van der Waals surface area contributed by atoms with Crippen LogP contribution in [0.25, 0.3) is 0 Å². The molecule has 0 spiro atoms. The summed E-state index contributed by atoms with van der Waals surface area (Å²) in [5, 5.41) is 3.39. The van der Waals surface area contributed by atoms with E-state index in [0.29, 0.717) is 6.04 Å². The van der Waals surface area contributed by atoms with E-state index in [1.54, 1.807) is 0 Å². The average molecular weight is 204 g/mol. The van der Waals surface area contributed by atoms with Crippen molar-refractivity contribution in [2.75, 3.05) is 26.2 Å². The predicted molar refractivity (Wildman–Crippen MR) is 64.0 cm³/mol. The maximum absolute atomic E-state index is 3.39. The number of nitrogens with one attached hydrogen (secondary N) is 1. The van der Waals surface area contributed by atoms with Gasteiger partial charge in [-0.15, -0.1) is 0 Å². The average Bonchev–Trinajstić information content (AvgIpc) is 2.30. The number of piperazine rings is 1. The van der Waals surface area contributed by atoms with E-state index in [4.69, 9.17) is 0 Å². The van der Waals surface area contributed by atoms with Gasteiger partial charge in [0.1, 0.15) is 0 Å². The summed E-state index contributed by atoms with van der Waals surface area (Å²) in [6.07, 6.45) is 0. The summed E-state index contributed by atoms with van der Waals surface area (Å²) in [6, 6.07) is 9.26. The highest BCUT2D eigenvalue weighted by atomic mass is 15.2. The van der Waals surface area contributed by atoms with E-state index in [2.05, 4.69) is 48.3 Å². The Morgan fingerprint density at radius 1 is 1.20 bits per heavy atom. The van der Waals surface area contributed by atoms with Gasteiger partial charge in [-0.3, -0.25) is 4.90 Å². The number of nitrogens with zero attached hydrogens (tertiary/aromatic N) is 1. The van der Waals surface area contributed by atoms with Crippen molar-refractivity contribution < 1.29 is 0 Å². The van der Waals surface area contributed by atoms with Gasteiger partial charge in [0.05, 0.1) is 0 Å². The lowest BCUT2D eigenvalue weighted by molar-refractivity contribution is 0.185. The summed E-state index contributed by atoms with van der Waals surface area (Å²) in [5.41, 5.74) is 2.88. The third kappa shape index (κ3) is 2.39. The summed E-state index contributed by atoms with van der Waals surface area (Å²) in [6.45, 7) is 9.08. The summed E-state index contributed by atoms with van der Waals surface area (Å²) in [5.74, 6) is 0. The van der Waals surface area contributed by atoms with Crippen LogP contribution in [-0.2, 0) is 0 Å². The minimum absolute atomic E-state index is 0.549. The molecule has 0 bridgehead atoms. The normalized spacial score (nSPS) is 20.1. The molecule has 0 aliphatic carbocycles. The van der Waals surface area contributed by atoms with E-state index in [-0.39, 0.29) is 0 Å². The quantitative estimate of drug-likeness (QED) is 0.792. The van der Waals surface area contributed by atoms with Gasteiger partial charge in [-0.1, -0.05) is 24.3 Å². The van der Waals surface area contributed by atoms with Crippen LogP contribution in [-0.4, -0.2) is 31.1 Å². The molecule has 1 aliphatic rings. The molecule has 0 saturated carbocycles. The molecule has 0 aromatic heterocycles. The molecule has 1 N–H and O–H groups in total. The fourth-order valence-electron chi connectivity index (χ4n) is 2.32. The first-order valence-corrected chi connectivity index (χ1v) is 5.79. The second-order valence-corrected chi connectivity index (χ2v) is 4.32. The molecule has 15 heavy (non-hydrogen) atoms. The van der Waals surface area contributed by atoms with E-state index in [0.717, 1.165) is 26.2 Å². The van der Waals surface area contributed by atoms with Crippen molar-refractivity contribution >= 4 is 0 Å². The summed E-state index contributed by atoms with van der Waals surface area (Å²) in [4.78, 5) is 2.55. The van der Waals surface area contributed by atoms with Crippen LogP contribution in [0.5, 0.6) is 0 Å². The topological polar surface area (TPSA) is 15.3 Å². The second-order valence-electron chi connectivity index (χ2n) is 4.32. The van der Waals surface area contributed by atoms with Crippen LogP contribution < -0.4 is 5.32 Å². The van der Waals surface area contributed by atoms with Gasteiger partial charge in [0.2, 0.25) is 0 Å². The Morgan fingerprint density at radius 3 is 2.53 bits per heavy atom. The van der Waals surface area contributed by atoms with Crippen molar-refractivity contribution in [1.29, 1.82) is 0 Å². The molecule has 2 heteroatoms. The summed E-state index contributed by atoms with van der Waals surface area (Å²) in [7, 11) is 0. The number of benzene rings is 1. The predicted octanol–water partition coefficient (Wildman–Crippen LogP) is 1.96. The van der Waals surface area contributed by atoms with Crippen LogP contribution in [0.2, 0.25) is 0 Å². The smallest absolute Gasteiger partial charge is 0.0323 e. The van der Waals surface area contributed by atoms with Gasteiger partial charge >= 0.3 is 0 Å². The van der Waals surface area contributed by atoms with E-state index >= 15 is 0 Å². The van der Waals surface area contributed by atoms with Crippen LogP contribution in [0.1, 0.15) is 24.1 Å². The molecule has 2 rings (SSSR count). The SMILES string of the molecule is Cc1ccccc1[C@H](C)N1CCNCC1. The molecule has 1 fully saturated rings. The van der Waals surface area contributed by atoms with Crippen molar-refractivity contribution in [2.24, 2.45) is 0 Å². The molecule has 2 nitrogen and oxygen atoms in total. The molecule has 1 atom stereocenters. The van der Waals surface area contributed by atoms with Crippen molar-refractivity contribution in [1.82, 2.24) is 10.2 Å². The first-order chi connectivity index (χ1) is 7.29. The monoisotopic (exact) mass is 204 g/mol. The minimum atomic E-state index is 0.549. The standard InChI is InChI=1S/C13H20N2/c1-11-5-3-4-6-13(11)12(2)15-9-7-14-8-10-15/h3-6,12,14H,7-10H2,1-2H3/t12-/m0/s1. The molecule has 0 unspecified atom stereocenters. The zero-order valence-electron chi connectivity index (χ0n) is 9.66. The zero-order chi connectivity index (χ0) is 10.7. The van der Waals surface area contributed by atoms with Crippen LogP contribution in [0, 0.1) is 6.92 Å². The van der Waals surface area contributed by atoms with Gasteiger partial charge in [-0.2, -0.15) is 0 Å². The van der Waals surface area contributed by atoms with E-state index in [1.165, 1.54) is 11.1 Å². The van der Waals surface area contributed by atoms with Gasteiger partial charge in [0.15, 0.2) is 0 Å². The molecule has 0 amide bonds. The number of hydrogen-bond acceptors (Lipinski definition) is 2. The Labute approximate surface area is 92.3 Å². The molecule has 1 aliphatic heterocycles. The highest BCUT2D eigenvalue weighted by Crippen LogP contribution is 2.23. The van der Waals surface area contributed by atoms with Crippen molar-refractivity contribution in [3.63, 3.8) is 0 Å². The number of hydrogen-bond donors (Lipinski definition) is 1. The molecule has 1 aromatic rings. The lowest BCUT2D eigenvalue weighted by atomic mass is 10.0. The van der Waals surface area contributed by atoms with Crippen molar-refractivity contribution in [3.8, 4) is 0 Å². The first-order valence-electron chi connectivity index (χ1n) is 5.79. The van der Waals surface area contributed by atoms with E-state index in [1.807, 2.05) is 0 Å². The fraction of sp³-hybridized carbons (Fsp3) is 0.538. The molecular formula is C13H20N2. The Bertz CT molecular complexity index is 316. The van der Waals surface area contributed by atoms with Gasteiger partial charge in [-0.25, -0.2) is 0 Å². The summed E-state index contributed by atoms with van der Waals surface area (Å²) >= 11 is 0. The molecule has 82 valence electrons. The lowest BCUT2D eigenvalue weighted by Crippen LogP contribution is -2.44. The Morgan fingerprint density at radius 2 is 1.87 bits per heavy atom. The maximum Gasteiger partial charge on any atom is 0.0323 e. The second kappa shape index (κ2) is 4.77. The van der Waals surface area contributed by atoms with Crippen LogP contribution in [0.3, 0.4) is 0 Å². The van der Waals surface area contributed by atoms with Gasteiger partial charge in [0.25, 0.3) is 0 Å². The molecule has 1 saturated heterocycles. The van der Waals surface area contributed by atoms with Crippen molar-refractivity contribution in [3.05, 3.63) is 35.4 Å². The highest BCUT2D eigenvalue weighted by Gasteiger charge is 2.18. The van der Waals surface area contributed by atoms with Crippen molar-refractivity contribution in [2.45, 2.75) is 19.9 Å². The first kappa shape index (κ1) is 10.7. The fourth-order valence-corrected chi connectivity index (χ4v) is 2.32. The van der Waals surface area contributed by atoms with Crippen LogP contribution in [0.4, 0.5) is 0 Å². The molecule has 0 radical (unpaired) electrons. The third-order valence-electron chi connectivity index (χ3n) is 3.34. The summed E-state index contributed by atoms with van der Waals surface area (Å²) < 4.78 is 0. The van der Waals surface area contributed by atoms with E-state index < -0.39 is 0 Å². The lowest BCUT2D eigenvalue weighted by Gasteiger charge is -2.33. The van der Waals surface area contributed by atoms with E-state index in [9.17, 15) is 0 Å². The van der Waals surface area contributed by atoms with Crippen LogP contribution >= 0.6 is 0 Å². The molecule has 1 heterocycles. The Kier molecular flexibility index (Phi) is 3.39. The maximum atomic E-state index is 3.39. The Balaban J connectivity index is 2.12. The number of aryl methyl sites for hydroxylation is 1. The van der Waals surface area contributed by atoms with Gasteiger partial charge in [0, 0.05) is 32.2 Å².